The molecule has 14 heavy (non-hydrogen) atoms. The molecule has 0 N–H and O–H groups in total. The summed E-state index contributed by atoms with van der Waals surface area (Å²) in [4.78, 5) is 1.69. The molecule has 0 fully saturated rings. The summed E-state index contributed by atoms with van der Waals surface area (Å²) in [6.07, 6.45) is -1.55. The normalized spacial score (nSPS) is 13.9. The van der Waals surface area contributed by atoms with Crippen LogP contribution in [0.1, 0.15) is 13.3 Å². The fraction of sp³-hybridized carbons (Fsp3) is 1.00. The molecule has 1 atom stereocenters. The number of alkyl halides is 3. The molecule has 5 heteroatoms. The first-order chi connectivity index (χ1) is 6.61. The lowest BCUT2D eigenvalue weighted by atomic mass is 10.2. The number of hydrogen-bond donors (Lipinski definition) is 0. The molecule has 0 aliphatic carbocycles. The van der Waals surface area contributed by atoms with Crippen LogP contribution in [0, 0.1) is 0 Å². The molecule has 0 heterocycles. The second-order valence-corrected chi connectivity index (χ2v) is 3.58. The molecule has 0 aliphatic rings. The number of rotatable bonds is 8. The molecule has 0 aromatic heterocycles. The van der Waals surface area contributed by atoms with Gasteiger partial charge in [0.15, 0.2) is 0 Å². The fourth-order valence-corrected chi connectivity index (χ4v) is 1.47. The van der Waals surface area contributed by atoms with Crippen LogP contribution in [-0.2, 0) is 4.74 Å². The number of hydrogen-bond acceptors (Lipinski definition) is 2. The summed E-state index contributed by atoms with van der Waals surface area (Å²) in [5, 5.41) is 0. The molecular formula is C9H18ClF2NO. The first-order valence-electron chi connectivity index (χ1n) is 4.69. The standard InChI is InChI=1S/C9H18ClF2NO/c1-8(3-6-14-2)13(5-4-10)7-9(11)12/h8-9H,3-7H2,1-2H3. The van der Waals surface area contributed by atoms with E-state index in [-0.39, 0.29) is 12.6 Å². The predicted molar refractivity (Wildman–Crippen MR) is 54.3 cm³/mol. The van der Waals surface area contributed by atoms with Gasteiger partial charge in [0, 0.05) is 32.2 Å². The van der Waals surface area contributed by atoms with Crippen LogP contribution in [0.4, 0.5) is 8.78 Å². The first kappa shape index (κ1) is 14.1. The molecule has 2 nitrogen and oxygen atoms in total. The van der Waals surface area contributed by atoms with Gasteiger partial charge in [-0.2, -0.15) is 0 Å². The molecule has 0 bridgehead atoms. The van der Waals surface area contributed by atoms with Crippen molar-refractivity contribution in [2.45, 2.75) is 25.8 Å². The predicted octanol–water partition coefficient (Wildman–Crippen LogP) is 2.22. The van der Waals surface area contributed by atoms with Gasteiger partial charge in [-0.1, -0.05) is 0 Å². The Balaban J connectivity index is 3.90. The Morgan fingerprint density at radius 2 is 2.07 bits per heavy atom. The molecule has 0 saturated heterocycles. The van der Waals surface area contributed by atoms with E-state index in [1.54, 1.807) is 12.0 Å². The van der Waals surface area contributed by atoms with Crippen LogP contribution in [-0.4, -0.2) is 50.1 Å². The maximum Gasteiger partial charge on any atom is 0.251 e. The highest BCUT2D eigenvalue weighted by molar-refractivity contribution is 6.18. The summed E-state index contributed by atoms with van der Waals surface area (Å²) in [7, 11) is 1.60. The Kier molecular flexibility index (Phi) is 8.43. The molecule has 0 aromatic rings. The third-order valence-corrected chi connectivity index (χ3v) is 2.28. The topological polar surface area (TPSA) is 12.5 Å². The van der Waals surface area contributed by atoms with E-state index in [1.807, 2.05) is 6.92 Å². The second-order valence-electron chi connectivity index (χ2n) is 3.21. The van der Waals surface area contributed by atoms with E-state index >= 15 is 0 Å². The molecule has 0 aliphatic heterocycles. The smallest absolute Gasteiger partial charge is 0.251 e. The van der Waals surface area contributed by atoms with Crippen molar-refractivity contribution in [3.05, 3.63) is 0 Å². The lowest BCUT2D eigenvalue weighted by Gasteiger charge is -2.27. The summed E-state index contributed by atoms with van der Waals surface area (Å²) < 4.78 is 29.2. The van der Waals surface area contributed by atoms with Gasteiger partial charge >= 0.3 is 0 Å². The third-order valence-electron chi connectivity index (χ3n) is 2.11. The van der Waals surface area contributed by atoms with Gasteiger partial charge < -0.3 is 4.74 Å². The summed E-state index contributed by atoms with van der Waals surface area (Å²) in [5.41, 5.74) is 0. The molecule has 0 amide bonds. The van der Waals surface area contributed by atoms with E-state index in [4.69, 9.17) is 16.3 Å². The van der Waals surface area contributed by atoms with Crippen LogP contribution in [0.25, 0.3) is 0 Å². The van der Waals surface area contributed by atoms with Crippen molar-refractivity contribution in [1.82, 2.24) is 4.90 Å². The average molecular weight is 230 g/mol. The minimum atomic E-state index is -2.30. The van der Waals surface area contributed by atoms with Gasteiger partial charge in [0.05, 0.1) is 6.54 Å². The number of ether oxygens (including phenoxy) is 1. The lowest BCUT2D eigenvalue weighted by Crippen LogP contribution is -2.38. The zero-order chi connectivity index (χ0) is 11.0. The number of nitrogens with zero attached hydrogens (tertiary/aromatic N) is 1. The first-order valence-corrected chi connectivity index (χ1v) is 5.22. The van der Waals surface area contributed by atoms with Crippen molar-refractivity contribution in [2.75, 3.05) is 32.7 Å². The van der Waals surface area contributed by atoms with Crippen LogP contribution in [0.5, 0.6) is 0 Å². The van der Waals surface area contributed by atoms with Gasteiger partial charge in [0.25, 0.3) is 6.43 Å². The Morgan fingerprint density at radius 1 is 1.43 bits per heavy atom. The molecule has 0 aromatic carbocycles. The summed E-state index contributed by atoms with van der Waals surface area (Å²) in [5.74, 6) is 0.379. The molecule has 0 saturated carbocycles. The molecule has 86 valence electrons. The number of halogens is 3. The summed E-state index contributed by atoms with van der Waals surface area (Å²) in [6.45, 7) is 2.78. The summed E-state index contributed by atoms with van der Waals surface area (Å²) in [6, 6.07) is 0.0858. The van der Waals surface area contributed by atoms with Gasteiger partial charge in [0.1, 0.15) is 0 Å². The largest absolute Gasteiger partial charge is 0.385 e. The van der Waals surface area contributed by atoms with Gasteiger partial charge in [-0.3, -0.25) is 4.90 Å². The van der Waals surface area contributed by atoms with Crippen LogP contribution in [0.2, 0.25) is 0 Å². The van der Waals surface area contributed by atoms with E-state index in [9.17, 15) is 8.78 Å². The average Bonchev–Trinajstić information content (AvgIpc) is 2.13. The highest BCUT2D eigenvalue weighted by atomic mass is 35.5. The van der Waals surface area contributed by atoms with Gasteiger partial charge in [-0.15, -0.1) is 11.6 Å². The monoisotopic (exact) mass is 229 g/mol. The van der Waals surface area contributed by atoms with E-state index in [1.165, 1.54) is 0 Å². The van der Waals surface area contributed by atoms with E-state index < -0.39 is 6.43 Å². The maximum absolute atomic E-state index is 12.2. The zero-order valence-electron chi connectivity index (χ0n) is 8.68. The fourth-order valence-electron chi connectivity index (χ4n) is 1.25. The van der Waals surface area contributed by atoms with E-state index in [0.717, 1.165) is 6.42 Å². The van der Waals surface area contributed by atoms with Crippen LogP contribution >= 0.6 is 11.6 Å². The highest BCUT2D eigenvalue weighted by Crippen LogP contribution is 2.07. The Hall–Kier alpha value is 0.0700. The van der Waals surface area contributed by atoms with Crippen LogP contribution < -0.4 is 0 Å². The Bertz CT molecular complexity index is 138. The minimum Gasteiger partial charge on any atom is -0.385 e. The van der Waals surface area contributed by atoms with Crippen molar-refractivity contribution in [3.8, 4) is 0 Å². The van der Waals surface area contributed by atoms with Crippen molar-refractivity contribution in [2.24, 2.45) is 0 Å². The van der Waals surface area contributed by atoms with Crippen LogP contribution in [0.15, 0.2) is 0 Å². The highest BCUT2D eigenvalue weighted by Gasteiger charge is 2.17. The van der Waals surface area contributed by atoms with Crippen molar-refractivity contribution in [3.63, 3.8) is 0 Å². The zero-order valence-corrected chi connectivity index (χ0v) is 9.44. The van der Waals surface area contributed by atoms with Crippen molar-refractivity contribution < 1.29 is 13.5 Å². The number of methoxy groups -OCH3 is 1. The molecular weight excluding hydrogens is 212 g/mol. The van der Waals surface area contributed by atoms with Crippen LogP contribution in [0.3, 0.4) is 0 Å². The Labute approximate surface area is 89.2 Å². The minimum absolute atomic E-state index is 0.0858. The molecule has 1 unspecified atom stereocenters. The second kappa shape index (κ2) is 8.38. The molecule has 0 rings (SSSR count). The van der Waals surface area contributed by atoms with Crippen molar-refractivity contribution >= 4 is 11.6 Å². The van der Waals surface area contributed by atoms with Gasteiger partial charge in [-0.25, -0.2) is 8.78 Å². The summed E-state index contributed by atoms with van der Waals surface area (Å²) >= 11 is 5.54. The van der Waals surface area contributed by atoms with Gasteiger partial charge in [0.2, 0.25) is 0 Å². The SMILES string of the molecule is COCCC(C)N(CCCl)CC(F)F. The van der Waals surface area contributed by atoms with E-state index in [2.05, 4.69) is 0 Å². The molecule has 0 radical (unpaired) electrons. The lowest BCUT2D eigenvalue weighted by molar-refractivity contribution is 0.0622. The van der Waals surface area contributed by atoms with E-state index in [0.29, 0.717) is 19.0 Å². The molecule has 0 spiro atoms. The van der Waals surface area contributed by atoms with Crippen molar-refractivity contribution in [1.29, 1.82) is 0 Å². The van der Waals surface area contributed by atoms with Gasteiger partial charge in [-0.05, 0) is 13.3 Å². The maximum atomic E-state index is 12.2. The quantitative estimate of drug-likeness (QED) is 0.592. The third kappa shape index (κ3) is 6.51. The Morgan fingerprint density at radius 3 is 2.50 bits per heavy atom.